The predicted molar refractivity (Wildman–Crippen MR) is 60.6 cm³/mol. The van der Waals surface area contributed by atoms with Gasteiger partial charge in [-0.25, -0.2) is 4.39 Å². The Hall–Kier alpha value is -1.90. The van der Waals surface area contributed by atoms with Gasteiger partial charge in [-0.2, -0.15) is 5.10 Å². The second-order valence-corrected chi connectivity index (χ2v) is 3.37. The summed E-state index contributed by atoms with van der Waals surface area (Å²) < 4.78 is 53.1. The molecule has 0 bridgehead atoms. The van der Waals surface area contributed by atoms with Crippen molar-refractivity contribution in [2.75, 3.05) is 0 Å². The molecule has 98 valence electrons. The average Bonchev–Trinajstić information content (AvgIpc) is 2.19. The van der Waals surface area contributed by atoms with E-state index in [9.17, 15) is 17.6 Å². The maximum absolute atomic E-state index is 13.3. The van der Waals surface area contributed by atoms with Crippen LogP contribution in [0.5, 0.6) is 5.75 Å². The molecule has 0 aliphatic rings. The fraction of sp³-hybridized carbons (Fsp3) is 0.111. The smallest absolute Gasteiger partial charge is 0.405 e. The monoisotopic (exact) mass is 281 g/mol. The minimum absolute atomic E-state index is 0.208. The highest BCUT2D eigenvalue weighted by atomic mass is 32.1. The van der Waals surface area contributed by atoms with Crippen LogP contribution < -0.4 is 15.9 Å². The van der Waals surface area contributed by atoms with Crippen LogP contribution in [0.4, 0.5) is 17.6 Å². The van der Waals surface area contributed by atoms with Crippen molar-refractivity contribution >= 4 is 23.5 Å². The fourth-order valence-electron chi connectivity index (χ4n) is 1.02. The van der Waals surface area contributed by atoms with Gasteiger partial charge in [-0.1, -0.05) is 6.07 Å². The molecule has 0 radical (unpaired) electrons. The Morgan fingerprint density at radius 2 is 2.11 bits per heavy atom. The number of halogens is 4. The zero-order valence-electron chi connectivity index (χ0n) is 8.66. The van der Waals surface area contributed by atoms with E-state index in [4.69, 9.17) is 5.73 Å². The fourth-order valence-corrected chi connectivity index (χ4v) is 1.07. The number of ether oxygens (including phenoxy) is 1. The lowest BCUT2D eigenvalue weighted by atomic mass is 10.2. The number of thiocarbonyl (C=S) groups is 1. The Balaban J connectivity index is 3.01. The molecule has 0 spiro atoms. The molecule has 0 heterocycles. The van der Waals surface area contributed by atoms with Gasteiger partial charge >= 0.3 is 6.36 Å². The van der Waals surface area contributed by atoms with Crippen LogP contribution in [-0.4, -0.2) is 17.7 Å². The minimum Gasteiger partial charge on any atom is -0.405 e. The summed E-state index contributed by atoms with van der Waals surface area (Å²) in [6, 6.07) is 3.00. The summed E-state index contributed by atoms with van der Waals surface area (Å²) in [6.45, 7) is 0. The summed E-state index contributed by atoms with van der Waals surface area (Å²) in [7, 11) is 0. The van der Waals surface area contributed by atoms with Crippen molar-refractivity contribution < 1.29 is 22.3 Å². The molecule has 4 nitrogen and oxygen atoms in total. The highest BCUT2D eigenvalue weighted by Gasteiger charge is 2.32. The van der Waals surface area contributed by atoms with Crippen LogP contribution in [0.1, 0.15) is 5.56 Å². The van der Waals surface area contributed by atoms with Crippen molar-refractivity contribution in [2.45, 2.75) is 6.36 Å². The van der Waals surface area contributed by atoms with E-state index >= 15 is 0 Å². The lowest BCUT2D eigenvalue weighted by Gasteiger charge is -2.11. The van der Waals surface area contributed by atoms with Crippen molar-refractivity contribution in [3.05, 3.63) is 29.6 Å². The molecule has 3 N–H and O–H groups in total. The molecule has 1 aromatic rings. The number of hydrogen-bond acceptors (Lipinski definition) is 3. The maximum atomic E-state index is 13.3. The molecule has 1 rings (SSSR count). The standard InChI is InChI=1S/C9H7F4N3OS/c10-6-2-1-3-7(17-9(11,12)13)5(6)4-15-16-8(14)18/h1-4H,(H3,14,16,18). The molecule has 0 saturated carbocycles. The first-order chi connectivity index (χ1) is 8.29. The van der Waals surface area contributed by atoms with E-state index in [1.807, 2.05) is 0 Å². The molecule has 0 aliphatic heterocycles. The number of nitrogens with zero attached hydrogens (tertiary/aromatic N) is 1. The first-order valence-electron chi connectivity index (χ1n) is 4.42. The van der Waals surface area contributed by atoms with Gasteiger partial charge < -0.3 is 10.5 Å². The van der Waals surface area contributed by atoms with Crippen molar-refractivity contribution in [1.29, 1.82) is 0 Å². The van der Waals surface area contributed by atoms with Crippen LogP contribution in [0.25, 0.3) is 0 Å². The minimum atomic E-state index is -4.92. The zero-order chi connectivity index (χ0) is 13.8. The molecule has 0 saturated heterocycles. The van der Waals surface area contributed by atoms with Gasteiger partial charge in [-0.05, 0) is 24.4 Å². The van der Waals surface area contributed by atoms with Crippen molar-refractivity contribution in [3.63, 3.8) is 0 Å². The molecule has 18 heavy (non-hydrogen) atoms. The van der Waals surface area contributed by atoms with Crippen LogP contribution >= 0.6 is 12.2 Å². The summed E-state index contributed by atoms with van der Waals surface area (Å²) in [5.41, 5.74) is 6.65. The molecule has 0 atom stereocenters. The molecule has 0 aliphatic carbocycles. The van der Waals surface area contributed by atoms with E-state index in [1.165, 1.54) is 0 Å². The van der Waals surface area contributed by atoms with Crippen LogP contribution in [0.3, 0.4) is 0 Å². The zero-order valence-corrected chi connectivity index (χ0v) is 9.48. The van der Waals surface area contributed by atoms with Crippen molar-refractivity contribution in [1.82, 2.24) is 5.43 Å². The highest BCUT2D eigenvalue weighted by molar-refractivity contribution is 7.80. The number of rotatable bonds is 3. The molecule has 0 unspecified atom stereocenters. The van der Waals surface area contributed by atoms with Gasteiger partial charge in [-0.3, -0.25) is 5.43 Å². The summed E-state index contributed by atoms with van der Waals surface area (Å²) in [6.07, 6.45) is -4.14. The molecule has 1 aromatic carbocycles. The number of nitrogens with one attached hydrogen (secondary N) is 1. The lowest BCUT2D eigenvalue weighted by molar-refractivity contribution is -0.274. The molecule has 9 heteroatoms. The Labute approximate surface area is 104 Å². The highest BCUT2D eigenvalue weighted by Crippen LogP contribution is 2.26. The van der Waals surface area contributed by atoms with Crippen LogP contribution in [0.15, 0.2) is 23.3 Å². The third-order valence-corrected chi connectivity index (χ3v) is 1.70. The third kappa shape index (κ3) is 4.53. The summed E-state index contributed by atoms with van der Waals surface area (Å²) in [4.78, 5) is 0. The number of alkyl halides is 3. The average molecular weight is 281 g/mol. The van der Waals surface area contributed by atoms with E-state index in [0.29, 0.717) is 0 Å². The summed E-state index contributed by atoms with van der Waals surface area (Å²) >= 11 is 4.41. The quantitative estimate of drug-likeness (QED) is 0.384. The van der Waals surface area contributed by atoms with Crippen LogP contribution in [-0.2, 0) is 0 Å². The van der Waals surface area contributed by atoms with Crippen LogP contribution in [0.2, 0.25) is 0 Å². The van der Waals surface area contributed by atoms with Gasteiger partial charge in [0.2, 0.25) is 0 Å². The number of benzene rings is 1. The third-order valence-electron chi connectivity index (χ3n) is 1.61. The molecule has 0 amide bonds. The second-order valence-electron chi connectivity index (χ2n) is 2.93. The Kier molecular flexibility index (Phi) is 4.43. The van der Waals surface area contributed by atoms with Crippen LogP contribution in [0, 0.1) is 5.82 Å². The molecule has 0 fully saturated rings. The largest absolute Gasteiger partial charge is 0.573 e. The van der Waals surface area contributed by atoms with E-state index in [-0.39, 0.29) is 5.11 Å². The van der Waals surface area contributed by atoms with Crippen molar-refractivity contribution in [2.24, 2.45) is 10.8 Å². The van der Waals surface area contributed by atoms with Crippen molar-refractivity contribution in [3.8, 4) is 5.75 Å². The Morgan fingerprint density at radius 1 is 1.44 bits per heavy atom. The SMILES string of the molecule is NC(=S)NN=Cc1c(F)cccc1OC(F)(F)F. The first-order valence-corrected chi connectivity index (χ1v) is 4.83. The Bertz CT molecular complexity index is 475. The van der Waals surface area contributed by atoms with Gasteiger partial charge in [0.25, 0.3) is 0 Å². The van der Waals surface area contributed by atoms with Gasteiger partial charge in [0.05, 0.1) is 11.8 Å². The normalized spacial score (nSPS) is 11.6. The van der Waals surface area contributed by atoms with E-state index < -0.39 is 23.5 Å². The predicted octanol–water partition coefficient (Wildman–Crippen LogP) is 1.89. The summed E-state index contributed by atoms with van der Waals surface area (Å²) in [5, 5.41) is 3.16. The number of hydrazone groups is 1. The number of nitrogens with two attached hydrogens (primary N) is 1. The lowest BCUT2D eigenvalue weighted by Crippen LogP contribution is -2.24. The maximum Gasteiger partial charge on any atom is 0.573 e. The topological polar surface area (TPSA) is 59.6 Å². The molecular formula is C9H7F4N3OS. The van der Waals surface area contributed by atoms with Gasteiger partial charge in [0.15, 0.2) is 5.11 Å². The molecular weight excluding hydrogens is 274 g/mol. The van der Waals surface area contributed by atoms with E-state index in [0.717, 1.165) is 24.4 Å². The van der Waals surface area contributed by atoms with Gasteiger partial charge in [-0.15, -0.1) is 13.2 Å². The van der Waals surface area contributed by atoms with E-state index in [1.54, 1.807) is 0 Å². The second kappa shape index (κ2) is 5.63. The Morgan fingerprint density at radius 3 is 2.67 bits per heavy atom. The summed E-state index contributed by atoms with van der Waals surface area (Å²) in [5.74, 6) is -1.64. The van der Waals surface area contributed by atoms with E-state index in [2.05, 4.69) is 27.5 Å². The van der Waals surface area contributed by atoms with Gasteiger partial charge in [0.1, 0.15) is 11.6 Å². The first kappa shape index (κ1) is 14.2. The van der Waals surface area contributed by atoms with Gasteiger partial charge in [0, 0.05) is 0 Å². The molecule has 0 aromatic heterocycles. The number of hydrogen-bond donors (Lipinski definition) is 2.